The van der Waals surface area contributed by atoms with Gasteiger partial charge in [0.25, 0.3) is 5.91 Å². The van der Waals surface area contributed by atoms with Gasteiger partial charge in [-0.05, 0) is 12.5 Å². The summed E-state index contributed by atoms with van der Waals surface area (Å²) in [7, 11) is 1.66. The van der Waals surface area contributed by atoms with E-state index in [4.69, 9.17) is 17.3 Å². The number of carbonyl (C=O) groups excluding carboxylic acids is 1. The van der Waals surface area contributed by atoms with E-state index in [0.717, 1.165) is 0 Å². The summed E-state index contributed by atoms with van der Waals surface area (Å²) in [5.41, 5.74) is 7.21. The van der Waals surface area contributed by atoms with Gasteiger partial charge in [-0.3, -0.25) is 14.8 Å². The second kappa shape index (κ2) is 5.23. The number of aromatic nitrogens is 4. The summed E-state index contributed by atoms with van der Waals surface area (Å²) in [4.78, 5) is 19.9. The summed E-state index contributed by atoms with van der Waals surface area (Å²) in [5.74, 6) is -0.300. The Hall–Kier alpha value is -2.15. The minimum absolute atomic E-state index is 0.121. The Bertz CT molecular complexity index is 624. The highest BCUT2D eigenvalue weighted by atomic mass is 35.5. The molecule has 0 fully saturated rings. The molecule has 8 heteroatoms. The van der Waals surface area contributed by atoms with Crippen LogP contribution in [-0.2, 0) is 13.5 Å². The van der Waals surface area contributed by atoms with Crippen LogP contribution in [0.3, 0.4) is 0 Å². The third kappa shape index (κ3) is 2.65. The van der Waals surface area contributed by atoms with Crippen molar-refractivity contribution in [2.45, 2.75) is 13.3 Å². The Labute approximate surface area is 114 Å². The largest absolute Gasteiger partial charge is 0.395 e. The number of hydrogen-bond donors (Lipinski definition) is 2. The minimum atomic E-state index is -0.422. The van der Waals surface area contributed by atoms with Gasteiger partial charge >= 0.3 is 0 Å². The maximum Gasteiger partial charge on any atom is 0.278 e. The number of nitrogens with zero attached hydrogens (tertiary/aromatic N) is 4. The molecule has 0 aromatic carbocycles. The van der Waals surface area contributed by atoms with Crippen LogP contribution >= 0.6 is 11.6 Å². The molecule has 100 valence electrons. The predicted molar refractivity (Wildman–Crippen MR) is 72.0 cm³/mol. The molecule has 0 atom stereocenters. The summed E-state index contributed by atoms with van der Waals surface area (Å²) in [6, 6.07) is 1.52. The molecule has 1 amide bonds. The number of amides is 1. The van der Waals surface area contributed by atoms with Crippen LogP contribution in [0.25, 0.3) is 0 Å². The summed E-state index contributed by atoms with van der Waals surface area (Å²) < 4.78 is 1.44. The van der Waals surface area contributed by atoms with Gasteiger partial charge in [0.15, 0.2) is 0 Å². The van der Waals surface area contributed by atoms with Crippen LogP contribution < -0.4 is 11.1 Å². The van der Waals surface area contributed by atoms with Crippen molar-refractivity contribution in [1.82, 2.24) is 19.7 Å². The molecular formula is C11H13ClN6O. The topological polar surface area (TPSA) is 98.7 Å². The number of hydrogen-bond acceptors (Lipinski definition) is 5. The molecular weight excluding hydrogens is 268 g/mol. The smallest absolute Gasteiger partial charge is 0.278 e. The van der Waals surface area contributed by atoms with Gasteiger partial charge in [0.05, 0.1) is 11.4 Å². The van der Waals surface area contributed by atoms with Gasteiger partial charge in [-0.15, -0.1) is 0 Å². The predicted octanol–water partition coefficient (Wildman–Crippen LogP) is 1.26. The quantitative estimate of drug-likeness (QED) is 0.825. The molecule has 2 aromatic heterocycles. The highest BCUT2D eigenvalue weighted by Crippen LogP contribution is 2.18. The van der Waals surface area contributed by atoms with Gasteiger partial charge in [-0.25, -0.2) is 9.97 Å². The average Bonchev–Trinajstić information content (AvgIpc) is 2.64. The number of anilines is 2. The Balaban J connectivity index is 2.28. The molecule has 3 N–H and O–H groups in total. The van der Waals surface area contributed by atoms with E-state index in [2.05, 4.69) is 20.4 Å². The average molecular weight is 281 g/mol. The third-order valence-electron chi connectivity index (χ3n) is 2.56. The van der Waals surface area contributed by atoms with E-state index in [0.29, 0.717) is 17.8 Å². The molecule has 0 aliphatic carbocycles. The van der Waals surface area contributed by atoms with E-state index in [-0.39, 0.29) is 16.8 Å². The second-order valence-electron chi connectivity index (χ2n) is 3.84. The number of aryl methyl sites for hydroxylation is 2. The lowest BCUT2D eigenvalue weighted by atomic mass is 10.2. The molecule has 0 saturated heterocycles. The van der Waals surface area contributed by atoms with Gasteiger partial charge in [-0.2, -0.15) is 5.10 Å². The number of carbonyl (C=O) groups is 1. The molecule has 0 bridgehead atoms. The zero-order valence-corrected chi connectivity index (χ0v) is 11.3. The number of nitrogens with one attached hydrogen (secondary N) is 1. The maximum absolute atomic E-state index is 12.1. The Morgan fingerprint density at radius 3 is 2.89 bits per heavy atom. The fourth-order valence-electron chi connectivity index (χ4n) is 1.68. The lowest BCUT2D eigenvalue weighted by Crippen LogP contribution is -2.19. The molecule has 2 heterocycles. The SMILES string of the molecule is CCc1nn(C)c(C(=O)Nc2nccc(Cl)n2)c1N. The lowest BCUT2D eigenvalue weighted by molar-refractivity contribution is 0.101. The van der Waals surface area contributed by atoms with Crippen molar-refractivity contribution in [3.8, 4) is 0 Å². The summed E-state index contributed by atoms with van der Waals surface area (Å²) >= 11 is 5.72. The van der Waals surface area contributed by atoms with E-state index < -0.39 is 5.91 Å². The monoisotopic (exact) mass is 280 g/mol. The van der Waals surface area contributed by atoms with Gasteiger partial charge in [-0.1, -0.05) is 18.5 Å². The zero-order chi connectivity index (χ0) is 14.0. The minimum Gasteiger partial charge on any atom is -0.395 e. The highest BCUT2D eigenvalue weighted by molar-refractivity contribution is 6.29. The van der Waals surface area contributed by atoms with Crippen LogP contribution in [0.1, 0.15) is 23.1 Å². The van der Waals surface area contributed by atoms with Gasteiger partial charge < -0.3 is 5.73 Å². The van der Waals surface area contributed by atoms with Crippen molar-refractivity contribution >= 4 is 29.1 Å². The number of rotatable bonds is 3. The van der Waals surface area contributed by atoms with Crippen LogP contribution in [0, 0.1) is 0 Å². The van der Waals surface area contributed by atoms with Crippen molar-refractivity contribution in [3.63, 3.8) is 0 Å². The molecule has 0 unspecified atom stereocenters. The summed E-state index contributed by atoms with van der Waals surface area (Å²) in [6.45, 7) is 1.92. The summed E-state index contributed by atoms with van der Waals surface area (Å²) in [5, 5.41) is 6.95. The first-order valence-corrected chi connectivity index (χ1v) is 6.02. The zero-order valence-electron chi connectivity index (χ0n) is 10.5. The van der Waals surface area contributed by atoms with Crippen LogP contribution in [0.2, 0.25) is 5.15 Å². The van der Waals surface area contributed by atoms with E-state index in [1.165, 1.54) is 16.9 Å². The molecule has 0 aliphatic rings. The lowest BCUT2D eigenvalue weighted by Gasteiger charge is -2.04. The van der Waals surface area contributed by atoms with Crippen LogP contribution in [0.4, 0.5) is 11.6 Å². The maximum atomic E-state index is 12.1. The van der Waals surface area contributed by atoms with E-state index in [9.17, 15) is 4.79 Å². The van der Waals surface area contributed by atoms with Gasteiger partial charge in [0.1, 0.15) is 10.8 Å². The molecule has 0 radical (unpaired) electrons. The second-order valence-corrected chi connectivity index (χ2v) is 4.23. The standard InChI is InChI=1S/C11H13ClN6O/c1-3-6-8(13)9(18(2)17-6)10(19)16-11-14-5-4-7(12)15-11/h4-5H,3,13H2,1-2H3,(H,14,15,16,19). The highest BCUT2D eigenvalue weighted by Gasteiger charge is 2.19. The molecule has 0 spiro atoms. The number of halogens is 1. The number of nitrogens with two attached hydrogens (primary N) is 1. The molecule has 0 saturated carbocycles. The van der Waals surface area contributed by atoms with Crippen molar-refractivity contribution < 1.29 is 4.79 Å². The van der Waals surface area contributed by atoms with Crippen molar-refractivity contribution in [1.29, 1.82) is 0 Å². The van der Waals surface area contributed by atoms with Gasteiger partial charge in [0.2, 0.25) is 5.95 Å². The first kappa shape index (κ1) is 13.3. The van der Waals surface area contributed by atoms with Gasteiger partial charge in [0, 0.05) is 13.2 Å². The Morgan fingerprint density at radius 1 is 1.58 bits per heavy atom. The third-order valence-corrected chi connectivity index (χ3v) is 2.77. The molecule has 2 rings (SSSR count). The molecule has 19 heavy (non-hydrogen) atoms. The molecule has 7 nitrogen and oxygen atoms in total. The molecule has 2 aromatic rings. The van der Waals surface area contributed by atoms with Crippen LogP contribution in [0.15, 0.2) is 12.3 Å². The van der Waals surface area contributed by atoms with E-state index in [1.807, 2.05) is 6.92 Å². The Kier molecular flexibility index (Phi) is 3.66. The number of nitrogen functional groups attached to an aromatic ring is 1. The van der Waals surface area contributed by atoms with Crippen molar-refractivity contribution in [3.05, 3.63) is 28.8 Å². The first-order valence-electron chi connectivity index (χ1n) is 5.64. The van der Waals surface area contributed by atoms with E-state index >= 15 is 0 Å². The van der Waals surface area contributed by atoms with Crippen molar-refractivity contribution in [2.75, 3.05) is 11.1 Å². The summed E-state index contributed by atoms with van der Waals surface area (Å²) in [6.07, 6.45) is 2.11. The van der Waals surface area contributed by atoms with Crippen LogP contribution in [0.5, 0.6) is 0 Å². The van der Waals surface area contributed by atoms with Crippen molar-refractivity contribution in [2.24, 2.45) is 7.05 Å². The fraction of sp³-hybridized carbons (Fsp3) is 0.273. The normalized spacial score (nSPS) is 10.5. The first-order chi connectivity index (χ1) is 9.02. The molecule has 0 aliphatic heterocycles. The van der Waals surface area contributed by atoms with Crippen LogP contribution in [-0.4, -0.2) is 25.7 Å². The fourth-order valence-corrected chi connectivity index (χ4v) is 1.82. The van der Waals surface area contributed by atoms with E-state index in [1.54, 1.807) is 7.05 Å². The Morgan fingerprint density at radius 2 is 2.32 bits per heavy atom.